The molecule has 0 spiro atoms. The number of rotatable bonds is 6. The Morgan fingerprint density at radius 3 is 2.57 bits per heavy atom. The predicted octanol–water partition coefficient (Wildman–Crippen LogP) is 3.21. The number of ether oxygens (including phenoxy) is 1. The van der Waals surface area contributed by atoms with Gasteiger partial charge in [-0.15, -0.1) is 0 Å². The van der Waals surface area contributed by atoms with Gasteiger partial charge < -0.3 is 15.0 Å². The van der Waals surface area contributed by atoms with Crippen molar-refractivity contribution in [3.8, 4) is 5.75 Å². The highest BCUT2D eigenvalue weighted by Gasteiger charge is 2.24. The second-order valence-electron chi connectivity index (χ2n) is 5.94. The van der Waals surface area contributed by atoms with Gasteiger partial charge in [0.15, 0.2) is 6.61 Å². The van der Waals surface area contributed by atoms with E-state index in [2.05, 4.69) is 5.32 Å². The van der Waals surface area contributed by atoms with Crippen LogP contribution in [0, 0.1) is 0 Å². The Hall–Kier alpha value is -2.04. The molecule has 0 bridgehead atoms. The van der Waals surface area contributed by atoms with Crippen LogP contribution < -0.4 is 10.1 Å². The first-order valence-corrected chi connectivity index (χ1v) is 8.40. The van der Waals surface area contributed by atoms with Gasteiger partial charge in [0.2, 0.25) is 5.91 Å². The number of amides is 2. The monoisotopic (exact) mass is 318 g/mol. The number of hydrogen-bond acceptors (Lipinski definition) is 3. The zero-order valence-electron chi connectivity index (χ0n) is 14.0. The molecule has 1 N–H and O–H groups in total. The third-order valence-electron chi connectivity index (χ3n) is 4.23. The smallest absolute Gasteiger partial charge is 0.260 e. The number of para-hydroxylation sites is 2. The van der Waals surface area contributed by atoms with E-state index in [1.54, 1.807) is 12.1 Å². The average molecular weight is 318 g/mol. The zero-order chi connectivity index (χ0) is 16.7. The molecular weight excluding hydrogens is 292 g/mol. The van der Waals surface area contributed by atoms with Crippen LogP contribution >= 0.6 is 0 Å². The first-order chi connectivity index (χ1) is 11.1. The van der Waals surface area contributed by atoms with Gasteiger partial charge in [-0.25, -0.2) is 0 Å². The maximum absolute atomic E-state index is 12.5. The number of likely N-dealkylation sites (N-methyl/N-ethyl adjacent to an activating group) is 1. The summed E-state index contributed by atoms with van der Waals surface area (Å²) in [6.07, 6.45) is 5.83. The molecule has 0 heterocycles. The van der Waals surface area contributed by atoms with Crippen molar-refractivity contribution in [2.45, 2.75) is 52.0 Å². The fourth-order valence-corrected chi connectivity index (χ4v) is 3.14. The van der Waals surface area contributed by atoms with Gasteiger partial charge >= 0.3 is 0 Å². The molecule has 1 saturated carbocycles. The van der Waals surface area contributed by atoms with Crippen LogP contribution in [0.4, 0.5) is 5.69 Å². The molecule has 126 valence electrons. The Bertz CT molecular complexity index is 539. The van der Waals surface area contributed by atoms with Crippen LogP contribution in [0.1, 0.15) is 46.0 Å². The lowest BCUT2D eigenvalue weighted by atomic mass is 9.94. The second kappa shape index (κ2) is 8.56. The van der Waals surface area contributed by atoms with Crippen molar-refractivity contribution in [3.05, 3.63) is 24.3 Å². The van der Waals surface area contributed by atoms with Gasteiger partial charge in [0.25, 0.3) is 5.91 Å². The molecule has 1 aliphatic carbocycles. The van der Waals surface area contributed by atoms with Gasteiger partial charge in [0.1, 0.15) is 5.75 Å². The normalized spacial score (nSPS) is 15.0. The summed E-state index contributed by atoms with van der Waals surface area (Å²) in [5.74, 6) is 0.373. The third kappa shape index (κ3) is 4.98. The van der Waals surface area contributed by atoms with Gasteiger partial charge in [-0.3, -0.25) is 9.59 Å². The molecule has 1 fully saturated rings. The second-order valence-corrected chi connectivity index (χ2v) is 5.94. The first-order valence-electron chi connectivity index (χ1n) is 8.40. The fourth-order valence-electron chi connectivity index (χ4n) is 3.14. The van der Waals surface area contributed by atoms with Crippen molar-refractivity contribution in [3.63, 3.8) is 0 Å². The zero-order valence-corrected chi connectivity index (χ0v) is 14.0. The summed E-state index contributed by atoms with van der Waals surface area (Å²) in [7, 11) is 0. The van der Waals surface area contributed by atoms with Crippen LogP contribution in [0.5, 0.6) is 5.75 Å². The molecule has 2 amide bonds. The molecule has 23 heavy (non-hydrogen) atoms. The van der Waals surface area contributed by atoms with Gasteiger partial charge in [0, 0.05) is 19.5 Å². The number of hydrogen-bond donors (Lipinski definition) is 1. The quantitative estimate of drug-likeness (QED) is 0.876. The van der Waals surface area contributed by atoms with Gasteiger partial charge in [-0.2, -0.15) is 0 Å². The van der Waals surface area contributed by atoms with Gasteiger partial charge in [0.05, 0.1) is 5.69 Å². The van der Waals surface area contributed by atoms with Crippen LogP contribution in [0.25, 0.3) is 0 Å². The van der Waals surface area contributed by atoms with Crippen molar-refractivity contribution in [1.82, 2.24) is 4.90 Å². The van der Waals surface area contributed by atoms with Gasteiger partial charge in [-0.05, 0) is 31.9 Å². The molecular formula is C18H26N2O3. The molecule has 1 aromatic rings. The average Bonchev–Trinajstić information content (AvgIpc) is 2.55. The van der Waals surface area contributed by atoms with E-state index in [0.29, 0.717) is 24.0 Å². The summed E-state index contributed by atoms with van der Waals surface area (Å²) in [4.78, 5) is 25.6. The minimum Gasteiger partial charge on any atom is -0.482 e. The Labute approximate surface area is 138 Å². The number of benzene rings is 1. The lowest BCUT2D eigenvalue weighted by Gasteiger charge is -2.33. The lowest BCUT2D eigenvalue weighted by molar-refractivity contribution is -0.136. The van der Waals surface area contributed by atoms with E-state index in [-0.39, 0.29) is 18.4 Å². The van der Waals surface area contributed by atoms with Crippen molar-refractivity contribution < 1.29 is 14.3 Å². The highest BCUT2D eigenvalue weighted by atomic mass is 16.5. The van der Waals surface area contributed by atoms with Crippen LogP contribution in [-0.2, 0) is 9.59 Å². The van der Waals surface area contributed by atoms with E-state index < -0.39 is 0 Å². The summed E-state index contributed by atoms with van der Waals surface area (Å²) in [5, 5.41) is 2.71. The topological polar surface area (TPSA) is 58.6 Å². The Balaban J connectivity index is 1.96. The largest absolute Gasteiger partial charge is 0.482 e. The highest BCUT2D eigenvalue weighted by Crippen LogP contribution is 2.25. The van der Waals surface area contributed by atoms with Crippen molar-refractivity contribution >= 4 is 17.5 Å². The van der Waals surface area contributed by atoms with E-state index in [0.717, 1.165) is 12.8 Å². The molecule has 5 heteroatoms. The molecule has 0 saturated heterocycles. The summed E-state index contributed by atoms with van der Waals surface area (Å²) in [6, 6.07) is 7.51. The van der Waals surface area contributed by atoms with Crippen LogP contribution in [0.2, 0.25) is 0 Å². The fraction of sp³-hybridized carbons (Fsp3) is 0.556. The number of nitrogens with one attached hydrogen (secondary N) is 1. The Morgan fingerprint density at radius 1 is 1.22 bits per heavy atom. The van der Waals surface area contributed by atoms with Crippen LogP contribution in [-0.4, -0.2) is 35.9 Å². The maximum atomic E-state index is 12.5. The lowest BCUT2D eigenvalue weighted by Crippen LogP contribution is -2.43. The van der Waals surface area contributed by atoms with E-state index in [9.17, 15) is 9.59 Å². The minimum absolute atomic E-state index is 0.000931. The third-order valence-corrected chi connectivity index (χ3v) is 4.23. The molecule has 1 aliphatic rings. The highest BCUT2D eigenvalue weighted by molar-refractivity contribution is 5.90. The number of carbonyl (C=O) groups excluding carboxylic acids is 2. The Morgan fingerprint density at radius 2 is 1.91 bits per heavy atom. The molecule has 0 unspecified atom stereocenters. The maximum Gasteiger partial charge on any atom is 0.260 e. The van der Waals surface area contributed by atoms with Crippen LogP contribution in [0.3, 0.4) is 0 Å². The van der Waals surface area contributed by atoms with Crippen molar-refractivity contribution in [1.29, 1.82) is 0 Å². The molecule has 0 atom stereocenters. The van der Waals surface area contributed by atoms with Crippen LogP contribution in [0.15, 0.2) is 24.3 Å². The molecule has 2 rings (SSSR count). The van der Waals surface area contributed by atoms with E-state index in [1.807, 2.05) is 24.0 Å². The summed E-state index contributed by atoms with van der Waals surface area (Å²) in [6.45, 7) is 4.17. The minimum atomic E-state index is -0.162. The van der Waals surface area contributed by atoms with Gasteiger partial charge in [-0.1, -0.05) is 31.4 Å². The van der Waals surface area contributed by atoms with Crippen molar-refractivity contribution in [2.75, 3.05) is 18.5 Å². The van der Waals surface area contributed by atoms with E-state index in [1.165, 1.54) is 26.2 Å². The number of nitrogens with zero attached hydrogens (tertiary/aromatic N) is 1. The number of carbonyl (C=O) groups is 2. The van der Waals surface area contributed by atoms with E-state index >= 15 is 0 Å². The molecule has 0 aromatic heterocycles. The summed E-state index contributed by atoms with van der Waals surface area (Å²) < 4.78 is 5.67. The molecule has 5 nitrogen and oxygen atoms in total. The molecule has 0 radical (unpaired) electrons. The standard InChI is InChI=1S/C18H26N2O3/c1-3-20(15-9-5-4-6-10-15)18(22)13-23-17-12-8-7-11-16(17)19-14(2)21/h7-8,11-12,15H,3-6,9-10,13H2,1-2H3,(H,19,21). The molecule has 0 aliphatic heterocycles. The summed E-state index contributed by atoms with van der Waals surface area (Å²) >= 11 is 0. The first kappa shape index (κ1) is 17.3. The van der Waals surface area contributed by atoms with E-state index in [4.69, 9.17) is 4.74 Å². The summed E-state index contributed by atoms with van der Waals surface area (Å²) in [5.41, 5.74) is 0.591. The predicted molar refractivity (Wildman–Crippen MR) is 90.5 cm³/mol. The number of anilines is 1. The molecule has 1 aromatic carbocycles. The van der Waals surface area contributed by atoms with Crippen molar-refractivity contribution in [2.24, 2.45) is 0 Å². The SMILES string of the molecule is CCN(C(=O)COc1ccccc1NC(C)=O)C1CCCCC1. The Kier molecular flexibility index (Phi) is 6.44.